The number of hydrogen-bond donors (Lipinski definition) is 4. The van der Waals surface area contributed by atoms with Gasteiger partial charge in [-0.05, 0) is 52.5 Å². The van der Waals surface area contributed by atoms with E-state index < -0.39 is 47.5 Å². The fourth-order valence-electron chi connectivity index (χ4n) is 5.60. The number of nitriles is 1. The van der Waals surface area contributed by atoms with Gasteiger partial charge in [0.2, 0.25) is 0 Å². The molecule has 13 nitrogen and oxygen atoms in total. The highest BCUT2D eigenvalue weighted by Gasteiger charge is 2.39. The van der Waals surface area contributed by atoms with Crippen molar-refractivity contribution in [3.63, 3.8) is 0 Å². The SMILES string of the molecule is COC(=O)N[C@H](C(=O)NN(Cc1ccc(-c2ccccc2C#N)cc1)C[C@H](CCc1ccccc1)N(O)C(=O)[C@@H](NC(=O)OC)C(C)(C)C)C(C)C. The van der Waals surface area contributed by atoms with Gasteiger partial charge in [0.05, 0.1) is 31.9 Å². The molecule has 0 saturated heterocycles. The van der Waals surface area contributed by atoms with Gasteiger partial charge in [-0.25, -0.2) is 19.7 Å². The van der Waals surface area contributed by atoms with Crippen molar-refractivity contribution in [1.29, 1.82) is 5.26 Å². The first-order valence-corrected chi connectivity index (χ1v) is 17.1. The Morgan fingerprint density at radius 2 is 1.44 bits per heavy atom. The molecule has 278 valence electrons. The van der Waals surface area contributed by atoms with Crippen molar-refractivity contribution >= 4 is 24.0 Å². The second-order valence-electron chi connectivity index (χ2n) is 13.9. The van der Waals surface area contributed by atoms with Crippen molar-refractivity contribution in [3.8, 4) is 17.2 Å². The lowest BCUT2D eigenvalue weighted by Crippen LogP contribution is -2.59. The Balaban J connectivity index is 2.02. The second-order valence-corrected chi connectivity index (χ2v) is 13.9. The number of carbonyl (C=O) groups is 4. The number of nitrogens with zero attached hydrogens (tertiary/aromatic N) is 3. The molecular formula is C39H50N6O7. The Bertz CT molecular complexity index is 1690. The van der Waals surface area contributed by atoms with E-state index in [1.807, 2.05) is 66.7 Å². The largest absolute Gasteiger partial charge is 0.453 e. The predicted molar refractivity (Wildman–Crippen MR) is 195 cm³/mol. The number of benzene rings is 3. The molecule has 0 spiro atoms. The van der Waals surface area contributed by atoms with Crippen molar-refractivity contribution < 1.29 is 33.9 Å². The van der Waals surface area contributed by atoms with Crippen LogP contribution in [0.4, 0.5) is 9.59 Å². The van der Waals surface area contributed by atoms with E-state index in [1.165, 1.54) is 14.2 Å². The lowest BCUT2D eigenvalue weighted by Gasteiger charge is -2.37. The van der Waals surface area contributed by atoms with E-state index in [0.717, 1.165) is 22.3 Å². The molecule has 4 N–H and O–H groups in total. The molecule has 0 unspecified atom stereocenters. The molecule has 4 amide bonds. The van der Waals surface area contributed by atoms with Crippen LogP contribution in [-0.2, 0) is 32.0 Å². The summed E-state index contributed by atoms with van der Waals surface area (Å²) in [6.07, 6.45) is -0.831. The molecule has 0 heterocycles. The normalized spacial score (nSPS) is 12.9. The molecule has 3 atom stereocenters. The Kier molecular flexibility index (Phi) is 15.2. The summed E-state index contributed by atoms with van der Waals surface area (Å²) in [6.45, 7) is 8.91. The van der Waals surface area contributed by atoms with E-state index in [9.17, 15) is 29.6 Å². The first-order chi connectivity index (χ1) is 24.7. The number of hydroxylamine groups is 2. The lowest BCUT2D eigenvalue weighted by atomic mass is 9.86. The summed E-state index contributed by atoms with van der Waals surface area (Å²) in [6, 6.07) is 23.5. The highest BCUT2D eigenvalue weighted by molar-refractivity contribution is 5.86. The van der Waals surface area contributed by atoms with Crippen LogP contribution in [0.1, 0.15) is 57.7 Å². The molecule has 0 aliphatic carbocycles. The van der Waals surface area contributed by atoms with Crippen LogP contribution in [0.15, 0.2) is 78.9 Å². The summed E-state index contributed by atoms with van der Waals surface area (Å²) in [5.74, 6) is -1.60. The maximum absolute atomic E-state index is 13.9. The highest BCUT2D eigenvalue weighted by atomic mass is 16.5. The average Bonchev–Trinajstić information content (AvgIpc) is 3.13. The van der Waals surface area contributed by atoms with E-state index in [4.69, 9.17) is 9.47 Å². The van der Waals surface area contributed by atoms with Gasteiger partial charge in [-0.2, -0.15) is 5.26 Å². The topological polar surface area (TPSA) is 173 Å². The van der Waals surface area contributed by atoms with Crippen LogP contribution in [0.2, 0.25) is 0 Å². The van der Waals surface area contributed by atoms with Crippen LogP contribution < -0.4 is 16.1 Å². The van der Waals surface area contributed by atoms with Gasteiger partial charge in [0.15, 0.2) is 0 Å². The van der Waals surface area contributed by atoms with Crippen molar-refractivity contribution in [2.45, 2.75) is 72.1 Å². The van der Waals surface area contributed by atoms with E-state index >= 15 is 0 Å². The molecule has 0 bridgehead atoms. The van der Waals surface area contributed by atoms with E-state index in [0.29, 0.717) is 17.0 Å². The van der Waals surface area contributed by atoms with E-state index in [-0.39, 0.29) is 25.4 Å². The maximum atomic E-state index is 13.9. The number of hydrogen-bond acceptors (Lipinski definition) is 9. The number of aryl methyl sites for hydroxylation is 1. The average molecular weight is 715 g/mol. The quantitative estimate of drug-likeness (QED) is 0.118. The van der Waals surface area contributed by atoms with Crippen LogP contribution >= 0.6 is 0 Å². The van der Waals surface area contributed by atoms with Gasteiger partial charge in [0.25, 0.3) is 11.8 Å². The van der Waals surface area contributed by atoms with Crippen LogP contribution in [0.5, 0.6) is 0 Å². The third-order valence-electron chi connectivity index (χ3n) is 8.53. The van der Waals surface area contributed by atoms with Crippen LogP contribution in [0, 0.1) is 22.7 Å². The molecule has 3 aromatic rings. The molecule has 0 fully saturated rings. The maximum Gasteiger partial charge on any atom is 0.407 e. The van der Waals surface area contributed by atoms with E-state index in [2.05, 4.69) is 22.1 Å². The first kappa shape index (κ1) is 41.0. The number of hydrazine groups is 1. The summed E-state index contributed by atoms with van der Waals surface area (Å²) < 4.78 is 9.51. The first-order valence-electron chi connectivity index (χ1n) is 17.1. The lowest BCUT2D eigenvalue weighted by molar-refractivity contribution is -0.184. The molecule has 3 rings (SSSR count). The van der Waals surface area contributed by atoms with Gasteiger partial charge >= 0.3 is 12.2 Å². The number of amides is 4. The molecule has 0 aliphatic rings. The van der Waals surface area contributed by atoms with Gasteiger partial charge in [0.1, 0.15) is 12.1 Å². The Labute approximate surface area is 305 Å². The zero-order valence-electron chi connectivity index (χ0n) is 30.9. The van der Waals surface area contributed by atoms with E-state index in [1.54, 1.807) is 51.8 Å². The van der Waals surface area contributed by atoms with Gasteiger partial charge in [-0.15, -0.1) is 0 Å². The van der Waals surface area contributed by atoms with Crippen molar-refractivity contribution in [2.75, 3.05) is 20.8 Å². The highest BCUT2D eigenvalue weighted by Crippen LogP contribution is 2.25. The molecule has 13 heteroatoms. The minimum atomic E-state index is -1.15. The predicted octanol–water partition coefficient (Wildman–Crippen LogP) is 5.43. The number of ether oxygens (including phenoxy) is 2. The smallest absolute Gasteiger partial charge is 0.407 e. The Morgan fingerprint density at radius 3 is 2.02 bits per heavy atom. The minimum Gasteiger partial charge on any atom is -0.453 e. The summed E-state index contributed by atoms with van der Waals surface area (Å²) >= 11 is 0. The van der Waals surface area contributed by atoms with Crippen LogP contribution in [0.3, 0.4) is 0 Å². The molecule has 52 heavy (non-hydrogen) atoms. The Morgan fingerprint density at radius 1 is 0.846 bits per heavy atom. The molecular weight excluding hydrogens is 664 g/mol. The molecule has 0 aromatic heterocycles. The van der Waals surface area contributed by atoms with Crippen molar-refractivity contribution in [2.24, 2.45) is 11.3 Å². The fourth-order valence-corrected chi connectivity index (χ4v) is 5.60. The van der Waals surface area contributed by atoms with Gasteiger partial charge in [-0.3, -0.25) is 20.2 Å². The number of rotatable bonds is 15. The standard InChI is InChI=1S/C39H50N6O7/c1-26(2)33(41-37(48)51-6)35(46)43-44(24-28-17-20-29(21-18-28)32-16-12-11-15-30(32)23-40)25-31(22-19-27-13-9-8-10-14-27)45(50)36(47)34(39(3,4)5)42-38(49)52-7/h8-18,20-21,26,31,33-34,50H,19,22,24-25H2,1-7H3,(H,41,48)(H,42,49)(H,43,46)/t31-,33-,34+/m0/s1. The van der Waals surface area contributed by atoms with Crippen LogP contribution in [0.25, 0.3) is 11.1 Å². The number of alkyl carbamates (subject to hydrolysis) is 2. The minimum absolute atomic E-state index is 0.0437. The zero-order chi connectivity index (χ0) is 38.4. The summed E-state index contributed by atoms with van der Waals surface area (Å²) in [5.41, 5.74) is 5.99. The third-order valence-corrected chi connectivity index (χ3v) is 8.53. The second kappa shape index (κ2) is 19.2. The number of nitrogens with one attached hydrogen (secondary N) is 3. The molecule has 0 saturated carbocycles. The molecule has 3 aromatic carbocycles. The summed E-state index contributed by atoms with van der Waals surface area (Å²) in [5, 5.41) is 28.6. The van der Waals surface area contributed by atoms with Gasteiger partial charge < -0.3 is 20.1 Å². The zero-order valence-corrected chi connectivity index (χ0v) is 30.9. The number of carbonyl (C=O) groups excluding carboxylic acids is 4. The number of methoxy groups -OCH3 is 2. The molecule has 0 aliphatic heterocycles. The van der Waals surface area contributed by atoms with Crippen molar-refractivity contribution in [3.05, 3.63) is 95.6 Å². The van der Waals surface area contributed by atoms with Crippen molar-refractivity contribution in [1.82, 2.24) is 26.1 Å². The molecule has 0 radical (unpaired) electrons. The monoisotopic (exact) mass is 714 g/mol. The fraction of sp³-hybridized carbons (Fsp3) is 0.410. The summed E-state index contributed by atoms with van der Waals surface area (Å²) in [4.78, 5) is 52.1. The third kappa shape index (κ3) is 11.8. The van der Waals surface area contributed by atoms with Crippen LogP contribution in [-0.4, -0.2) is 78.2 Å². The Hall–Kier alpha value is -5.45. The summed E-state index contributed by atoms with van der Waals surface area (Å²) in [7, 11) is 2.40. The van der Waals surface area contributed by atoms with Gasteiger partial charge in [-0.1, -0.05) is 107 Å². The van der Waals surface area contributed by atoms with Gasteiger partial charge in [0, 0.05) is 13.1 Å².